The van der Waals surface area contributed by atoms with E-state index in [4.69, 9.17) is 6.42 Å². The number of hydrogen-bond donors (Lipinski definition) is 2. The lowest BCUT2D eigenvalue weighted by Gasteiger charge is -2.70. The van der Waals surface area contributed by atoms with Crippen LogP contribution in [0.25, 0.3) is 0 Å². The molecule has 3 fully saturated rings. The lowest BCUT2D eigenvalue weighted by molar-refractivity contribution is -0.193. The van der Waals surface area contributed by atoms with E-state index in [1.807, 2.05) is 0 Å². The van der Waals surface area contributed by atoms with Crippen LogP contribution in [0.5, 0.6) is 0 Å². The molecule has 3 saturated carbocycles. The second kappa shape index (κ2) is 7.26. The van der Waals surface area contributed by atoms with E-state index in [1.165, 1.54) is 32.1 Å². The highest BCUT2D eigenvalue weighted by Gasteiger charge is 2.67. The van der Waals surface area contributed by atoms with Gasteiger partial charge >= 0.3 is 0 Å². The molecule has 5 rings (SSSR count). The van der Waals surface area contributed by atoms with Crippen molar-refractivity contribution in [2.75, 3.05) is 6.61 Å². The van der Waals surface area contributed by atoms with Crippen LogP contribution in [0.3, 0.4) is 0 Å². The van der Waals surface area contributed by atoms with Crippen molar-refractivity contribution >= 4 is 0 Å². The molecule has 34 heavy (non-hydrogen) atoms. The fraction of sp³-hybridized carbons (Fsp3) is 0.812. The van der Waals surface area contributed by atoms with Crippen molar-refractivity contribution in [1.82, 2.24) is 0 Å². The van der Waals surface area contributed by atoms with Gasteiger partial charge in [0.25, 0.3) is 0 Å². The van der Waals surface area contributed by atoms with Gasteiger partial charge in [0.15, 0.2) is 0 Å². The largest absolute Gasteiger partial charge is 0.396 e. The van der Waals surface area contributed by atoms with Crippen LogP contribution < -0.4 is 0 Å². The maximum Gasteiger partial charge on any atom is 0.0731 e. The van der Waals surface area contributed by atoms with Crippen molar-refractivity contribution in [3.8, 4) is 12.3 Å². The number of hydrogen-bond acceptors (Lipinski definition) is 2. The third kappa shape index (κ3) is 2.90. The summed E-state index contributed by atoms with van der Waals surface area (Å²) in [4.78, 5) is 0. The molecule has 2 N–H and O–H groups in total. The first-order valence-electron chi connectivity index (χ1n) is 13.9. The molecule has 0 aromatic rings. The molecule has 188 valence electrons. The molecule has 0 radical (unpaired) electrons. The molecule has 0 unspecified atom stereocenters. The van der Waals surface area contributed by atoms with Crippen molar-refractivity contribution in [3.63, 3.8) is 0 Å². The Hall–Kier alpha value is -1.04. The molecule has 0 amide bonds. The zero-order valence-electron chi connectivity index (χ0n) is 22.8. The predicted octanol–water partition coefficient (Wildman–Crippen LogP) is 6.92. The van der Waals surface area contributed by atoms with E-state index in [0.29, 0.717) is 11.8 Å². The van der Waals surface area contributed by atoms with Gasteiger partial charge in [0.05, 0.1) is 6.10 Å². The lowest BCUT2D eigenvalue weighted by Crippen LogP contribution is -2.64. The van der Waals surface area contributed by atoms with Gasteiger partial charge in [0, 0.05) is 12.5 Å². The zero-order valence-corrected chi connectivity index (χ0v) is 22.8. The predicted molar refractivity (Wildman–Crippen MR) is 140 cm³/mol. The number of terminal acetylenes is 1. The second-order valence-corrected chi connectivity index (χ2v) is 15.0. The summed E-state index contributed by atoms with van der Waals surface area (Å²) in [6.07, 6.45) is 19.9. The molecule has 2 nitrogen and oxygen atoms in total. The van der Waals surface area contributed by atoms with Crippen LogP contribution in [0.1, 0.15) is 99.8 Å². The molecule has 0 aliphatic heterocycles. The highest BCUT2D eigenvalue weighted by atomic mass is 16.3. The minimum absolute atomic E-state index is 0.0128. The molecule has 0 saturated heterocycles. The summed E-state index contributed by atoms with van der Waals surface area (Å²) in [6, 6.07) is 0. The zero-order chi connectivity index (χ0) is 24.9. The Kier molecular flexibility index (Phi) is 5.26. The van der Waals surface area contributed by atoms with Gasteiger partial charge in [0.1, 0.15) is 0 Å². The third-order valence-corrected chi connectivity index (χ3v) is 12.9. The summed E-state index contributed by atoms with van der Waals surface area (Å²) in [7, 11) is 0. The van der Waals surface area contributed by atoms with E-state index in [0.717, 1.165) is 19.3 Å². The molecule has 0 spiro atoms. The normalized spacial score (nSPS) is 53.8. The van der Waals surface area contributed by atoms with Crippen LogP contribution in [-0.2, 0) is 0 Å². The number of aliphatic hydroxyl groups excluding tert-OH is 2. The fourth-order valence-corrected chi connectivity index (χ4v) is 10.2. The van der Waals surface area contributed by atoms with Crippen LogP contribution in [0.4, 0.5) is 0 Å². The average molecular weight is 465 g/mol. The van der Waals surface area contributed by atoms with Gasteiger partial charge in [-0.15, -0.1) is 12.3 Å². The molecule has 0 aromatic heterocycles. The molecule has 0 bridgehead atoms. The Morgan fingerprint density at radius 1 is 1.00 bits per heavy atom. The van der Waals surface area contributed by atoms with Crippen molar-refractivity contribution in [1.29, 1.82) is 0 Å². The highest BCUT2D eigenvalue weighted by molar-refractivity contribution is 5.45. The Morgan fingerprint density at radius 2 is 1.68 bits per heavy atom. The van der Waals surface area contributed by atoms with Crippen LogP contribution in [0.2, 0.25) is 0 Å². The first-order valence-corrected chi connectivity index (χ1v) is 13.9. The summed E-state index contributed by atoms with van der Waals surface area (Å²) >= 11 is 0. The minimum Gasteiger partial charge on any atom is -0.396 e. The summed E-state index contributed by atoms with van der Waals surface area (Å²) in [5.74, 6) is 3.86. The quantitative estimate of drug-likeness (QED) is 0.413. The van der Waals surface area contributed by atoms with E-state index in [1.54, 1.807) is 11.1 Å². The summed E-state index contributed by atoms with van der Waals surface area (Å²) in [5, 5.41) is 21.4. The lowest BCUT2D eigenvalue weighted by atomic mass is 9.34. The maximum absolute atomic E-state index is 11.2. The van der Waals surface area contributed by atoms with Crippen molar-refractivity contribution < 1.29 is 10.2 Å². The highest BCUT2D eigenvalue weighted by Crippen LogP contribution is 2.74. The average Bonchev–Trinajstić information content (AvgIpc) is 2.78. The number of allylic oxidation sites excluding steroid dienone is 4. The molecular formula is C32H48O2. The van der Waals surface area contributed by atoms with Crippen LogP contribution in [-0.4, -0.2) is 22.9 Å². The number of rotatable bonds is 1. The van der Waals surface area contributed by atoms with Crippen molar-refractivity contribution in [2.24, 2.45) is 50.2 Å². The van der Waals surface area contributed by atoms with Crippen LogP contribution in [0, 0.1) is 62.6 Å². The number of fused-ring (bicyclic) bond motifs is 6. The van der Waals surface area contributed by atoms with E-state index in [9.17, 15) is 10.2 Å². The van der Waals surface area contributed by atoms with Gasteiger partial charge in [-0.1, -0.05) is 66.2 Å². The first kappa shape index (κ1) is 24.6. The van der Waals surface area contributed by atoms with Gasteiger partial charge in [0.2, 0.25) is 0 Å². The van der Waals surface area contributed by atoms with E-state index < -0.39 is 6.10 Å². The number of aliphatic hydroxyl groups is 2. The molecule has 5 aliphatic carbocycles. The Labute approximate surface area is 208 Å². The third-order valence-electron chi connectivity index (χ3n) is 12.9. The molecule has 2 heteroatoms. The van der Waals surface area contributed by atoms with E-state index >= 15 is 0 Å². The van der Waals surface area contributed by atoms with Gasteiger partial charge in [-0.25, -0.2) is 0 Å². The molecule has 5 aliphatic rings. The SMILES string of the molecule is C#C[C@H]1C[C@]2(C)[C@H]3C=CC4=C5C[C@@](C)(CO)CC[C@]5(C)CC[C@@]4(C)[C@]3(C)CC[C@H]2C(C)(C)[C@@H]1O. The van der Waals surface area contributed by atoms with Crippen molar-refractivity contribution in [2.45, 2.75) is 106 Å². The molecule has 0 aromatic carbocycles. The van der Waals surface area contributed by atoms with Gasteiger partial charge in [-0.05, 0) is 101 Å². The van der Waals surface area contributed by atoms with Gasteiger partial charge < -0.3 is 10.2 Å². The summed E-state index contributed by atoms with van der Waals surface area (Å²) in [5.41, 5.74) is 3.79. The minimum atomic E-state index is -0.422. The maximum atomic E-state index is 11.2. The van der Waals surface area contributed by atoms with Crippen LogP contribution in [0.15, 0.2) is 23.3 Å². The fourth-order valence-electron chi connectivity index (χ4n) is 10.2. The summed E-state index contributed by atoms with van der Waals surface area (Å²) in [6.45, 7) is 17.2. The second-order valence-electron chi connectivity index (χ2n) is 15.0. The molecule has 9 atom stereocenters. The summed E-state index contributed by atoms with van der Waals surface area (Å²) < 4.78 is 0. The molecular weight excluding hydrogens is 416 g/mol. The van der Waals surface area contributed by atoms with Crippen LogP contribution >= 0.6 is 0 Å². The topological polar surface area (TPSA) is 40.5 Å². The first-order chi connectivity index (χ1) is 15.7. The Bertz CT molecular complexity index is 981. The van der Waals surface area contributed by atoms with Crippen molar-refractivity contribution in [3.05, 3.63) is 23.3 Å². The monoisotopic (exact) mass is 464 g/mol. The Morgan fingerprint density at radius 3 is 2.32 bits per heavy atom. The van der Waals surface area contributed by atoms with E-state index in [2.05, 4.69) is 66.5 Å². The standard InChI is InChI=1S/C32H48O2/c1-9-21-18-30(6)24(27(2,3)26(21)34)12-13-32(8)25(30)11-10-22-23-19-28(4,20-33)14-15-29(23,5)16-17-31(22,32)7/h1,10-11,21,24-26,33-34H,12-20H2,2-8H3/t21-,24-,25+,26+,28-,29+,30-,31+,32+/m0/s1. The van der Waals surface area contributed by atoms with Gasteiger partial charge in [-0.2, -0.15) is 0 Å². The Balaban J connectivity index is 1.65. The van der Waals surface area contributed by atoms with E-state index in [-0.39, 0.29) is 45.0 Å². The molecule has 0 heterocycles. The van der Waals surface area contributed by atoms with Gasteiger partial charge in [-0.3, -0.25) is 0 Å². The smallest absolute Gasteiger partial charge is 0.0731 e.